The van der Waals surface area contributed by atoms with Crippen molar-refractivity contribution >= 4 is 17.5 Å². The number of ketones is 1. The molecule has 0 saturated carbocycles. The van der Waals surface area contributed by atoms with Crippen LogP contribution in [-0.2, 0) is 0 Å². The van der Waals surface area contributed by atoms with Crippen LogP contribution in [-0.4, -0.2) is 23.3 Å². The highest BCUT2D eigenvalue weighted by atomic mass is 16.2. The van der Waals surface area contributed by atoms with E-state index in [0.29, 0.717) is 23.4 Å². The maximum Gasteiger partial charge on any atom is 0.322 e. The summed E-state index contributed by atoms with van der Waals surface area (Å²) in [6.07, 6.45) is 0. The maximum absolute atomic E-state index is 12.6. The van der Waals surface area contributed by atoms with Crippen molar-refractivity contribution in [1.82, 2.24) is 4.90 Å². The Balaban J connectivity index is 2.15. The molecule has 2 aromatic carbocycles. The van der Waals surface area contributed by atoms with Gasteiger partial charge in [0.1, 0.15) is 0 Å². The third kappa shape index (κ3) is 4.45. The predicted octanol–water partition coefficient (Wildman–Crippen LogP) is 4.38. The Morgan fingerprint density at radius 2 is 1.88 bits per heavy atom. The number of nitrogens with one attached hydrogen (secondary N) is 1. The van der Waals surface area contributed by atoms with E-state index < -0.39 is 0 Å². The first-order chi connectivity index (χ1) is 12.0. The van der Waals surface area contributed by atoms with Crippen LogP contribution in [0.1, 0.15) is 48.3 Å². The summed E-state index contributed by atoms with van der Waals surface area (Å²) in [6, 6.07) is 15.8. The molecule has 2 rings (SSSR count). The number of urea groups is 1. The second-order valence-electron chi connectivity index (χ2n) is 5.76. The van der Waals surface area contributed by atoms with Gasteiger partial charge in [-0.15, -0.1) is 0 Å². The molecule has 2 amide bonds. The summed E-state index contributed by atoms with van der Waals surface area (Å²) in [5.41, 5.74) is 2.68. The molecule has 1 N–H and O–H groups in total. The summed E-state index contributed by atoms with van der Waals surface area (Å²) in [5, 5.41) is 11.7. The van der Waals surface area contributed by atoms with E-state index in [2.05, 4.69) is 11.4 Å². The number of benzene rings is 2. The van der Waals surface area contributed by atoms with Gasteiger partial charge in [-0.25, -0.2) is 4.79 Å². The minimum atomic E-state index is -0.236. The van der Waals surface area contributed by atoms with Crippen molar-refractivity contribution in [1.29, 1.82) is 5.26 Å². The Morgan fingerprint density at radius 1 is 1.20 bits per heavy atom. The molecule has 2 aromatic rings. The van der Waals surface area contributed by atoms with E-state index in [9.17, 15) is 9.59 Å². The second-order valence-corrected chi connectivity index (χ2v) is 5.76. The zero-order valence-electron chi connectivity index (χ0n) is 14.6. The molecule has 0 aliphatic carbocycles. The molecular formula is C20H21N3O2. The van der Waals surface area contributed by atoms with Crippen molar-refractivity contribution in [3.63, 3.8) is 0 Å². The van der Waals surface area contributed by atoms with Crippen LogP contribution < -0.4 is 5.32 Å². The van der Waals surface area contributed by atoms with Crippen LogP contribution in [0.4, 0.5) is 10.5 Å². The highest BCUT2D eigenvalue weighted by Crippen LogP contribution is 2.22. The van der Waals surface area contributed by atoms with E-state index in [-0.39, 0.29) is 17.9 Å². The van der Waals surface area contributed by atoms with Crippen LogP contribution in [0.15, 0.2) is 48.5 Å². The minimum Gasteiger partial charge on any atom is -0.318 e. The van der Waals surface area contributed by atoms with Crippen LogP contribution in [0.2, 0.25) is 0 Å². The molecule has 0 saturated heterocycles. The summed E-state index contributed by atoms with van der Waals surface area (Å²) in [5.74, 6) is -0.0469. The van der Waals surface area contributed by atoms with E-state index in [1.54, 1.807) is 41.3 Å². The highest BCUT2D eigenvalue weighted by Gasteiger charge is 2.20. The van der Waals surface area contributed by atoms with Gasteiger partial charge in [0, 0.05) is 17.8 Å². The number of nitriles is 1. The third-order valence-electron chi connectivity index (χ3n) is 4.11. The van der Waals surface area contributed by atoms with Crippen LogP contribution in [0.25, 0.3) is 0 Å². The molecule has 25 heavy (non-hydrogen) atoms. The Morgan fingerprint density at radius 3 is 2.44 bits per heavy atom. The lowest BCUT2D eigenvalue weighted by Crippen LogP contribution is -2.36. The number of rotatable bonds is 5. The summed E-state index contributed by atoms with van der Waals surface area (Å²) >= 11 is 0. The van der Waals surface area contributed by atoms with Gasteiger partial charge in [-0.3, -0.25) is 4.79 Å². The summed E-state index contributed by atoms with van der Waals surface area (Å²) in [6.45, 7) is 5.87. The minimum absolute atomic E-state index is 0.0469. The number of amides is 2. The normalized spacial score (nSPS) is 11.3. The van der Waals surface area contributed by atoms with Crippen molar-refractivity contribution in [3.8, 4) is 6.07 Å². The van der Waals surface area contributed by atoms with Gasteiger partial charge in [-0.1, -0.05) is 24.3 Å². The van der Waals surface area contributed by atoms with Crippen LogP contribution in [0.3, 0.4) is 0 Å². The van der Waals surface area contributed by atoms with Crippen molar-refractivity contribution in [2.75, 3.05) is 11.9 Å². The van der Waals surface area contributed by atoms with Gasteiger partial charge in [0.05, 0.1) is 17.7 Å². The van der Waals surface area contributed by atoms with E-state index in [1.807, 2.05) is 26.0 Å². The Labute approximate surface area is 147 Å². The van der Waals surface area contributed by atoms with Gasteiger partial charge < -0.3 is 10.2 Å². The topological polar surface area (TPSA) is 73.2 Å². The first kappa shape index (κ1) is 18.2. The summed E-state index contributed by atoms with van der Waals surface area (Å²) < 4.78 is 0. The molecule has 1 atom stereocenters. The lowest BCUT2D eigenvalue weighted by Gasteiger charge is -2.28. The molecule has 0 spiro atoms. The first-order valence-corrected chi connectivity index (χ1v) is 8.15. The molecular weight excluding hydrogens is 314 g/mol. The van der Waals surface area contributed by atoms with Gasteiger partial charge in [0.25, 0.3) is 0 Å². The molecule has 0 unspecified atom stereocenters. The fourth-order valence-corrected chi connectivity index (χ4v) is 2.62. The van der Waals surface area contributed by atoms with Gasteiger partial charge in [0.15, 0.2) is 5.78 Å². The van der Waals surface area contributed by atoms with Crippen LogP contribution in [0, 0.1) is 11.3 Å². The predicted molar refractivity (Wildman–Crippen MR) is 97.4 cm³/mol. The third-order valence-corrected chi connectivity index (χ3v) is 4.11. The lowest BCUT2D eigenvalue weighted by atomic mass is 10.1. The molecule has 128 valence electrons. The molecule has 0 aliphatic rings. The average Bonchev–Trinajstić information content (AvgIpc) is 2.62. The highest BCUT2D eigenvalue weighted by molar-refractivity contribution is 5.96. The van der Waals surface area contributed by atoms with Crippen LogP contribution >= 0.6 is 0 Å². The fourth-order valence-electron chi connectivity index (χ4n) is 2.62. The molecule has 0 aromatic heterocycles. The Kier molecular flexibility index (Phi) is 5.91. The standard InChI is InChI=1S/C20H21N3O2/c1-4-23(14(2)17-10-8-16(13-21)9-11-17)20(25)22-19-7-5-6-18(12-19)15(3)24/h5-12,14H,4H2,1-3H3,(H,22,25)/t14-/m0/s1. The number of hydrogen-bond donors (Lipinski definition) is 1. The fraction of sp³-hybridized carbons (Fsp3) is 0.250. The molecule has 0 aliphatic heterocycles. The van der Waals surface area contributed by atoms with Crippen molar-refractivity contribution in [3.05, 3.63) is 65.2 Å². The number of anilines is 1. The Bertz CT molecular complexity index is 806. The zero-order chi connectivity index (χ0) is 18.4. The van der Waals surface area contributed by atoms with Crippen LogP contribution in [0.5, 0.6) is 0 Å². The van der Waals surface area contributed by atoms with Gasteiger partial charge in [0.2, 0.25) is 0 Å². The molecule has 0 radical (unpaired) electrons. The van der Waals surface area contributed by atoms with Gasteiger partial charge in [-0.05, 0) is 50.6 Å². The largest absolute Gasteiger partial charge is 0.322 e. The Hall–Kier alpha value is -3.13. The molecule has 5 heteroatoms. The van der Waals surface area contributed by atoms with Crippen molar-refractivity contribution in [2.24, 2.45) is 0 Å². The number of hydrogen-bond acceptors (Lipinski definition) is 3. The molecule has 0 fully saturated rings. The SMILES string of the molecule is CCN(C(=O)Nc1cccc(C(C)=O)c1)[C@@H](C)c1ccc(C#N)cc1. The second kappa shape index (κ2) is 8.11. The van der Waals surface area contributed by atoms with Gasteiger partial charge >= 0.3 is 6.03 Å². The number of Topliss-reactive ketones (excluding diaryl/α,β-unsaturated/α-hetero) is 1. The smallest absolute Gasteiger partial charge is 0.318 e. The molecule has 0 heterocycles. The number of carbonyl (C=O) groups excluding carboxylic acids is 2. The van der Waals surface area contributed by atoms with E-state index in [0.717, 1.165) is 5.56 Å². The van der Waals surface area contributed by atoms with E-state index in [1.165, 1.54) is 6.92 Å². The van der Waals surface area contributed by atoms with E-state index in [4.69, 9.17) is 5.26 Å². The first-order valence-electron chi connectivity index (χ1n) is 8.15. The number of carbonyl (C=O) groups is 2. The maximum atomic E-state index is 12.6. The van der Waals surface area contributed by atoms with E-state index >= 15 is 0 Å². The molecule has 5 nitrogen and oxygen atoms in total. The lowest BCUT2D eigenvalue weighted by molar-refractivity contribution is 0.101. The average molecular weight is 335 g/mol. The van der Waals surface area contributed by atoms with Gasteiger partial charge in [-0.2, -0.15) is 5.26 Å². The number of nitrogens with zero attached hydrogens (tertiary/aromatic N) is 2. The summed E-state index contributed by atoms with van der Waals surface area (Å²) in [4.78, 5) is 25.8. The summed E-state index contributed by atoms with van der Waals surface area (Å²) in [7, 11) is 0. The zero-order valence-corrected chi connectivity index (χ0v) is 14.6. The van der Waals surface area contributed by atoms with Crippen molar-refractivity contribution < 1.29 is 9.59 Å². The van der Waals surface area contributed by atoms with Crippen molar-refractivity contribution in [2.45, 2.75) is 26.8 Å². The quantitative estimate of drug-likeness (QED) is 0.824. The molecule has 0 bridgehead atoms. The monoisotopic (exact) mass is 335 g/mol.